The van der Waals surface area contributed by atoms with E-state index in [1.54, 1.807) is 24.3 Å². The fraction of sp³-hybridized carbons (Fsp3) is 0.455. The van der Waals surface area contributed by atoms with Crippen molar-refractivity contribution >= 4 is 10.0 Å². The predicted octanol–water partition coefficient (Wildman–Crippen LogP) is -0.0148. The molecule has 0 radical (unpaired) electrons. The standard InChI is InChI=1S/C11H19N3O2S/c1-14(2)8-7-13-17(15,16)11-6-4-3-5-10(11)9-12/h3-6,13H,7-9,12H2,1-2H3. The smallest absolute Gasteiger partial charge is 0.240 e. The van der Waals surface area contributed by atoms with Crippen LogP contribution in [0.15, 0.2) is 29.2 Å². The number of nitrogens with zero attached hydrogens (tertiary/aromatic N) is 1. The number of likely N-dealkylation sites (N-methyl/N-ethyl adjacent to an activating group) is 1. The summed E-state index contributed by atoms with van der Waals surface area (Å²) in [6.45, 7) is 1.25. The zero-order valence-electron chi connectivity index (χ0n) is 10.2. The van der Waals surface area contributed by atoms with Gasteiger partial charge in [0.15, 0.2) is 0 Å². The number of nitrogens with two attached hydrogens (primary N) is 1. The molecule has 0 aromatic heterocycles. The van der Waals surface area contributed by atoms with Gasteiger partial charge in [-0.25, -0.2) is 13.1 Å². The van der Waals surface area contributed by atoms with Crippen LogP contribution < -0.4 is 10.5 Å². The molecule has 0 spiro atoms. The van der Waals surface area contributed by atoms with Gasteiger partial charge in [-0.05, 0) is 25.7 Å². The predicted molar refractivity (Wildman–Crippen MR) is 68.1 cm³/mol. The van der Waals surface area contributed by atoms with Crippen molar-refractivity contribution in [3.8, 4) is 0 Å². The Bertz CT molecular complexity index is 458. The summed E-state index contributed by atoms with van der Waals surface area (Å²) in [5, 5.41) is 0. The topological polar surface area (TPSA) is 75.4 Å². The van der Waals surface area contributed by atoms with Crippen molar-refractivity contribution < 1.29 is 8.42 Å². The van der Waals surface area contributed by atoms with Gasteiger partial charge in [-0.15, -0.1) is 0 Å². The Morgan fingerprint density at radius 2 is 1.94 bits per heavy atom. The lowest BCUT2D eigenvalue weighted by Gasteiger charge is -2.12. The normalized spacial score (nSPS) is 12.0. The lowest BCUT2D eigenvalue weighted by atomic mass is 10.2. The molecule has 1 rings (SSSR count). The molecule has 1 aromatic carbocycles. The highest BCUT2D eigenvalue weighted by Crippen LogP contribution is 2.14. The van der Waals surface area contributed by atoms with Crippen molar-refractivity contribution in [1.29, 1.82) is 0 Å². The number of hydrogen-bond acceptors (Lipinski definition) is 4. The summed E-state index contributed by atoms with van der Waals surface area (Å²) in [7, 11) is 0.327. The van der Waals surface area contributed by atoms with E-state index < -0.39 is 10.0 Å². The van der Waals surface area contributed by atoms with Gasteiger partial charge in [-0.1, -0.05) is 18.2 Å². The second kappa shape index (κ2) is 6.11. The van der Waals surface area contributed by atoms with Crippen molar-refractivity contribution in [3.63, 3.8) is 0 Å². The molecule has 3 N–H and O–H groups in total. The molecular weight excluding hydrogens is 238 g/mol. The van der Waals surface area contributed by atoms with Crippen LogP contribution in [0.2, 0.25) is 0 Å². The van der Waals surface area contributed by atoms with Gasteiger partial charge in [0.05, 0.1) is 4.90 Å². The highest BCUT2D eigenvalue weighted by atomic mass is 32.2. The van der Waals surface area contributed by atoms with Gasteiger partial charge in [0.25, 0.3) is 0 Å². The first kappa shape index (κ1) is 14.1. The van der Waals surface area contributed by atoms with Crippen LogP contribution in [0, 0.1) is 0 Å². The van der Waals surface area contributed by atoms with Crippen LogP contribution in [0.25, 0.3) is 0 Å². The first-order valence-corrected chi connectivity index (χ1v) is 6.88. The monoisotopic (exact) mass is 257 g/mol. The van der Waals surface area contributed by atoms with E-state index in [1.807, 2.05) is 19.0 Å². The quantitative estimate of drug-likeness (QED) is 0.751. The molecule has 0 saturated heterocycles. The van der Waals surface area contributed by atoms with Crippen molar-refractivity contribution in [2.45, 2.75) is 11.4 Å². The molecule has 0 aliphatic heterocycles. The molecule has 0 saturated carbocycles. The lowest BCUT2D eigenvalue weighted by molar-refractivity contribution is 0.412. The minimum atomic E-state index is -3.46. The average molecular weight is 257 g/mol. The summed E-state index contributed by atoms with van der Waals surface area (Å²) < 4.78 is 26.6. The fourth-order valence-electron chi connectivity index (χ4n) is 1.42. The third-order valence-corrected chi connectivity index (χ3v) is 3.89. The summed E-state index contributed by atoms with van der Waals surface area (Å²) in [5.41, 5.74) is 6.15. The number of sulfonamides is 1. The van der Waals surface area contributed by atoms with Crippen LogP contribution in [0.1, 0.15) is 5.56 Å². The highest BCUT2D eigenvalue weighted by Gasteiger charge is 2.16. The zero-order chi connectivity index (χ0) is 12.9. The van der Waals surface area contributed by atoms with Crippen LogP contribution in [0.3, 0.4) is 0 Å². The number of hydrogen-bond donors (Lipinski definition) is 2. The maximum atomic E-state index is 12.0. The molecular formula is C11H19N3O2S. The summed E-state index contributed by atoms with van der Waals surface area (Å²) in [6.07, 6.45) is 0. The Morgan fingerprint density at radius 3 is 2.53 bits per heavy atom. The van der Waals surface area contributed by atoms with Crippen LogP contribution in [-0.4, -0.2) is 40.5 Å². The highest BCUT2D eigenvalue weighted by molar-refractivity contribution is 7.89. The molecule has 0 unspecified atom stereocenters. The molecule has 0 fully saturated rings. The van der Waals surface area contributed by atoms with Crippen molar-refractivity contribution in [3.05, 3.63) is 29.8 Å². The molecule has 0 amide bonds. The van der Waals surface area contributed by atoms with E-state index in [0.717, 1.165) is 0 Å². The number of benzene rings is 1. The van der Waals surface area contributed by atoms with E-state index in [0.29, 0.717) is 18.7 Å². The fourth-order valence-corrected chi connectivity index (χ4v) is 2.69. The Kier molecular flexibility index (Phi) is 5.07. The Hall–Kier alpha value is -0.950. The molecule has 0 aliphatic rings. The van der Waals surface area contributed by atoms with Crippen LogP contribution >= 0.6 is 0 Å². The Labute approximate surface area is 103 Å². The third kappa shape index (κ3) is 4.08. The maximum absolute atomic E-state index is 12.0. The van der Waals surface area contributed by atoms with Gasteiger partial charge in [-0.3, -0.25) is 0 Å². The Morgan fingerprint density at radius 1 is 1.29 bits per heavy atom. The van der Waals surface area contributed by atoms with Crippen LogP contribution in [-0.2, 0) is 16.6 Å². The van der Waals surface area contributed by atoms with Gasteiger partial charge >= 0.3 is 0 Å². The van der Waals surface area contributed by atoms with Crippen LogP contribution in [0.5, 0.6) is 0 Å². The summed E-state index contributed by atoms with van der Waals surface area (Å²) in [6, 6.07) is 6.77. The van der Waals surface area contributed by atoms with E-state index in [9.17, 15) is 8.42 Å². The largest absolute Gasteiger partial charge is 0.326 e. The van der Waals surface area contributed by atoms with E-state index in [2.05, 4.69) is 4.72 Å². The SMILES string of the molecule is CN(C)CCNS(=O)(=O)c1ccccc1CN. The lowest BCUT2D eigenvalue weighted by Crippen LogP contribution is -2.32. The summed E-state index contributed by atoms with van der Waals surface area (Å²) in [5.74, 6) is 0. The second-order valence-electron chi connectivity index (χ2n) is 4.01. The zero-order valence-corrected chi connectivity index (χ0v) is 11.0. The minimum absolute atomic E-state index is 0.213. The van der Waals surface area contributed by atoms with Crippen LogP contribution in [0.4, 0.5) is 0 Å². The molecule has 0 aliphatic carbocycles. The molecule has 0 bridgehead atoms. The first-order chi connectivity index (χ1) is 7.97. The molecule has 5 nitrogen and oxygen atoms in total. The van der Waals surface area contributed by atoms with Crippen molar-refractivity contribution in [1.82, 2.24) is 9.62 Å². The summed E-state index contributed by atoms with van der Waals surface area (Å²) in [4.78, 5) is 2.18. The number of rotatable bonds is 6. The molecule has 0 heterocycles. The Balaban J connectivity index is 2.82. The van der Waals surface area contributed by atoms with Gasteiger partial charge in [0.1, 0.15) is 0 Å². The van der Waals surface area contributed by atoms with Crippen molar-refractivity contribution in [2.24, 2.45) is 5.73 Å². The molecule has 6 heteroatoms. The molecule has 0 atom stereocenters. The first-order valence-electron chi connectivity index (χ1n) is 5.39. The van der Waals surface area contributed by atoms with E-state index in [-0.39, 0.29) is 11.4 Å². The molecule has 17 heavy (non-hydrogen) atoms. The van der Waals surface area contributed by atoms with Gasteiger partial charge in [0, 0.05) is 19.6 Å². The number of nitrogens with one attached hydrogen (secondary N) is 1. The van der Waals surface area contributed by atoms with E-state index in [4.69, 9.17) is 5.73 Å². The van der Waals surface area contributed by atoms with Gasteiger partial charge in [0.2, 0.25) is 10.0 Å². The van der Waals surface area contributed by atoms with E-state index in [1.165, 1.54) is 0 Å². The van der Waals surface area contributed by atoms with Crippen molar-refractivity contribution in [2.75, 3.05) is 27.2 Å². The van der Waals surface area contributed by atoms with E-state index >= 15 is 0 Å². The molecule has 96 valence electrons. The average Bonchev–Trinajstić information content (AvgIpc) is 2.28. The maximum Gasteiger partial charge on any atom is 0.240 e. The van der Waals surface area contributed by atoms with Gasteiger partial charge in [-0.2, -0.15) is 0 Å². The minimum Gasteiger partial charge on any atom is -0.326 e. The van der Waals surface area contributed by atoms with Gasteiger partial charge < -0.3 is 10.6 Å². The second-order valence-corrected chi connectivity index (χ2v) is 5.75. The third-order valence-electron chi connectivity index (χ3n) is 2.33. The molecule has 1 aromatic rings. The summed E-state index contributed by atoms with van der Waals surface area (Å²) >= 11 is 0.